The number of hydrogen-bond donors (Lipinski definition) is 8. The first-order valence-corrected chi connectivity index (χ1v) is 16.8. The van der Waals surface area contributed by atoms with Gasteiger partial charge in [-0.05, 0) is 12.1 Å². The number of hydrogen-bond acceptors (Lipinski definition) is 16. The number of imidazole rings is 1. The number of aromatic nitrogens is 4. The number of aliphatic hydroxyl groups is 4. The number of carbonyl (C=O) groups excluding carboxylic acids is 1. The van der Waals surface area contributed by atoms with E-state index in [-0.39, 0.29) is 22.8 Å². The van der Waals surface area contributed by atoms with Crippen molar-refractivity contribution >= 4 is 44.4 Å². The van der Waals surface area contributed by atoms with E-state index in [4.69, 9.17) is 30.0 Å². The molecule has 5 heterocycles. The summed E-state index contributed by atoms with van der Waals surface area (Å²) < 4.78 is 52.8. The summed E-state index contributed by atoms with van der Waals surface area (Å²) in [6, 6.07) is 4.36. The number of phosphoric ester groups is 2. The molecule has 0 aromatic carbocycles. The second-order valence-electron chi connectivity index (χ2n) is 10.9. The second-order valence-corrected chi connectivity index (χ2v) is 13.9. The quantitative estimate of drug-likeness (QED) is 0.0722. The highest BCUT2D eigenvalue weighted by atomic mass is 31.3. The van der Waals surface area contributed by atoms with Gasteiger partial charge in [0.1, 0.15) is 41.6 Å². The molecule has 10 N–H and O–H groups in total. The van der Waals surface area contributed by atoms with Crippen LogP contribution < -0.4 is 20.9 Å². The molecule has 21 nitrogen and oxygen atoms in total. The highest BCUT2D eigenvalue weighted by molar-refractivity contribution is 7.61. The third-order valence-electron chi connectivity index (χ3n) is 7.33. The minimum atomic E-state index is -5.39. The first-order chi connectivity index (χ1) is 22.0. The Morgan fingerprint density at radius 1 is 1.02 bits per heavy atom. The predicted molar refractivity (Wildman–Crippen MR) is 156 cm³/mol. The zero-order valence-electron chi connectivity index (χ0n) is 24.7. The van der Waals surface area contributed by atoms with Crippen molar-refractivity contribution < 1.29 is 71.5 Å². The number of nitrogens with zero attached hydrogens (tertiary/aromatic N) is 5. The predicted octanol–water partition coefficient (Wildman–Crippen LogP) is -2.34. The Morgan fingerprint density at radius 3 is 2.26 bits per heavy atom. The van der Waals surface area contributed by atoms with Gasteiger partial charge >= 0.3 is 15.6 Å². The molecule has 2 aliphatic rings. The molecule has 0 radical (unpaired) electrons. The lowest BCUT2D eigenvalue weighted by Crippen LogP contribution is -2.46. The molecule has 2 saturated heterocycles. The molecule has 23 heteroatoms. The molecule has 10 atom stereocenters. The zero-order chi connectivity index (χ0) is 34.4. The van der Waals surface area contributed by atoms with E-state index >= 15 is 0 Å². The third kappa shape index (κ3) is 7.32. The number of amides is 1. The van der Waals surface area contributed by atoms with Gasteiger partial charge in [-0.15, -0.1) is 0 Å². The summed E-state index contributed by atoms with van der Waals surface area (Å²) in [6.45, 7) is -1.80. The van der Waals surface area contributed by atoms with Crippen LogP contribution in [0, 0.1) is 0 Å². The molecule has 2 fully saturated rings. The standard InChI is InChI=1S/C24H33N7O14P2/c1-29(2)24-28-15-12(25)5-6-27-21(15)31(24)23-19(35)17(33)14(44-23)10-42-47(39,40)45-46(37,38)41-9-13-16(32)18(34)22(43-13)30-7-3-4-11(8-30)20(26)36/h3-8,13-14,16-19,22-23,32-35H,9-10H2,1-2H3,(H5-,25,26,27,36,37,38,39,40)/p+1/t13-,14-,16?,17+,18?,19?,22-,23-/m1/s1. The van der Waals surface area contributed by atoms with Gasteiger partial charge < -0.3 is 56.1 Å². The molecule has 3 aromatic rings. The summed E-state index contributed by atoms with van der Waals surface area (Å²) in [7, 11) is -7.47. The van der Waals surface area contributed by atoms with E-state index in [1.807, 2.05) is 0 Å². The number of carbonyl (C=O) groups is 1. The Balaban J connectivity index is 1.19. The molecular formula is C24H34N7O14P2+. The number of anilines is 2. The molecule has 0 bridgehead atoms. The molecule has 258 valence electrons. The number of fused-ring (bicyclic) bond motifs is 1. The maximum atomic E-state index is 12.6. The summed E-state index contributed by atoms with van der Waals surface area (Å²) in [6.07, 6.45) is -7.90. The number of phosphoric acid groups is 2. The maximum Gasteiger partial charge on any atom is 0.481 e. The number of nitrogen functional groups attached to an aromatic ring is 1. The van der Waals surface area contributed by atoms with Crippen molar-refractivity contribution in [1.29, 1.82) is 0 Å². The summed E-state index contributed by atoms with van der Waals surface area (Å²) in [4.78, 5) is 41.9. The Labute approximate surface area is 265 Å². The van der Waals surface area contributed by atoms with E-state index in [0.717, 1.165) is 0 Å². The number of nitrogens with two attached hydrogens (primary N) is 2. The molecule has 0 aliphatic carbocycles. The van der Waals surface area contributed by atoms with E-state index in [1.165, 1.54) is 45.9 Å². The van der Waals surface area contributed by atoms with Gasteiger partial charge in [0.05, 0.1) is 18.9 Å². The minimum absolute atomic E-state index is 0.0701. The summed E-state index contributed by atoms with van der Waals surface area (Å²) in [5, 5.41) is 42.2. The van der Waals surface area contributed by atoms with Gasteiger partial charge in [-0.1, -0.05) is 0 Å². The summed E-state index contributed by atoms with van der Waals surface area (Å²) >= 11 is 0. The lowest BCUT2D eigenvalue weighted by molar-refractivity contribution is -0.765. The highest BCUT2D eigenvalue weighted by Crippen LogP contribution is 2.60. The van der Waals surface area contributed by atoms with Crippen molar-refractivity contribution in [2.24, 2.45) is 5.73 Å². The minimum Gasteiger partial charge on any atom is -0.397 e. The Bertz CT molecular complexity index is 1730. The topological polar surface area (TPSA) is 309 Å². The lowest BCUT2D eigenvalue weighted by atomic mass is 10.1. The van der Waals surface area contributed by atoms with Crippen LogP contribution >= 0.6 is 15.6 Å². The maximum absolute atomic E-state index is 12.6. The number of primary amides is 1. The van der Waals surface area contributed by atoms with Crippen LogP contribution in [-0.4, -0.2) is 115 Å². The van der Waals surface area contributed by atoms with Crippen molar-refractivity contribution in [2.45, 2.75) is 49.1 Å². The van der Waals surface area contributed by atoms with E-state index in [9.17, 15) is 44.1 Å². The molecule has 1 amide bonds. The largest absolute Gasteiger partial charge is 0.481 e. The van der Waals surface area contributed by atoms with Gasteiger partial charge in [0.15, 0.2) is 30.4 Å². The molecule has 47 heavy (non-hydrogen) atoms. The van der Waals surface area contributed by atoms with Crippen LogP contribution in [0.15, 0.2) is 36.8 Å². The molecule has 0 saturated carbocycles. The Kier molecular flexibility index (Phi) is 10.0. The van der Waals surface area contributed by atoms with Crippen LogP contribution in [0.4, 0.5) is 11.6 Å². The summed E-state index contributed by atoms with van der Waals surface area (Å²) in [5.41, 5.74) is 12.1. The molecular weight excluding hydrogens is 672 g/mol. The lowest BCUT2D eigenvalue weighted by Gasteiger charge is -2.22. The first-order valence-electron chi connectivity index (χ1n) is 13.8. The van der Waals surface area contributed by atoms with Crippen LogP contribution in [0.1, 0.15) is 22.8 Å². The molecule has 0 spiro atoms. The van der Waals surface area contributed by atoms with Gasteiger partial charge in [-0.3, -0.25) is 18.4 Å². The van der Waals surface area contributed by atoms with Gasteiger partial charge in [0, 0.05) is 26.4 Å². The molecule has 3 aromatic heterocycles. The van der Waals surface area contributed by atoms with E-state index in [2.05, 4.69) is 14.3 Å². The fourth-order valence-corrected chi connectivity index (χ4v) is 7.14. The Morgan fingerprint density at radius 2 is 1.64 bits per heavy atom. The van der Waals surface area contributed by atoms with E-state index < -0.39 is 83.8 Å². The molecule has 5 rings (SSSR count). The Hall–Kier alpha value is -3.14. The molecule has 5 unspecified atom stereocenters. The normalized spacial score (nSPS) is 30.3. The van der Waals surface area contributed by atoms with Crippen LogP contribution in [-0.2, 0) is 32.0 Å². The van der Waals surface area contributed by atoms with Crippen molar-refractivity contribution in [2.75, 3.05) is 37.9 Å². The van der Waals surface area contributed by atoms with Gasteiger partial charge in [-0.2, -0.15) is 8.88 Å². The average Bonchev–Trinajstić information content (AvgIpc) is 3.62. The SMILES string of the molecule is CN(C)c1nc2c(N)ccnc2n1[C@@H]1O[C@H](COP(=O)(O)OP(=O)(O)OC[C@H]2O[C@@H]([n+]3cccc(C(N)=O)c3)C(O)C2O)[C@H](O)C1O. The number of ether oxygens (including phenoxy) is 2. The monoisotopic (exact) mass is 706 g/mol. The number of aliphatic hydroxyl groups excluding tert-OH is 4. The van der Waals surface area contributed by atoms with E-state index in [1.54, 1.807) is 19.0 Å². The number of pyridine rings is 2. The van der Waals surface area contributed by atoms with Crippen molar-refractivity contribution in [1.82, 2.24) is 14.5 Å². The van der Waals surface area contributed by atoms with Gasteiger partial charge in [-0.25, -0.2) is 19.1 Å². The second kappa shape index (κ2) is 13.4. The number of rotatable bonds is 12. The fourth-order valence-electron chi connectivity index (χ4n) is 5.05. The van der Waals surface area contributed by atoms with Crippen LogP contribution in [0.5, 0.6) is 0 Å². The van der Waals surface area contributed by atoms with E-state index in [0.29, 0.717) is 5.52 Å². The zero-order valence-corrected chi connectivity index (χ0v) is 26.5. The highest BCUT2D eigenvalue weighted by Gasteiger charge is 2.50. The molecule has 2 aliphatic heterocycles. The van der Waals surface area contributed by atoms with Gasteiger partial charge in [0.2, 0.25) is 5.95 Å². The average molecular weight is 707 g/mol. The summed E-state index contributed by atoms with van der Waals surface area (Å²) in [5.74, 6) is -0.509. The smallest absolute Gasteiger partial charge is 0.397 e. The van der Waals surface area contributed by atoms with Crippen molar-refractivity contribution in [3.63, 3.8) is 0 Å². The first kappa shape index (κ1) is 35.2. The fraction of sp³-hybridized carbons (Fsp3) is 0.500. The third-order valence-corrected chi connectivity index (χ3v) is 9.93. The van der Waals surface area contributed by atoms with Crippen molar-refractivity contribution in [3.05, 3.63) is 42.4 Å². The van der Waals surface area contributed by atoms with Gasteiger partial charge in [0.25, 0.3) is 12.1 Å². The van der Waals surface area contributed by atoms with Crippen LogP contribution in [0.3, 0.4) is 0 Å². The van der Waals surface area contributed by atoms with Crippen LogP contribution in [0.2, 0.25) is 0 Å². The van der Waals surface area contributed by atoms with Crippen molar-refractivity contribution in [3.8, 4) is 0 Å². The van der Waals surface area contributed by atoms with Crippen LogP contribution in [0.25, 0.3) is 11.2 Å².